The number of aromatic nitrogens is 2. The van der Waals surface area contributed by atoms with E-state index in [1.54, 1.807) is 30.4 Å². The predicted octanol–water partition coefficient (Wildman–Crippen LogP) is 3.29. The van der Waals surface area contributed by atoms with E-state index < -0.39 is 11.7 Å². The van der Waals surface area contributed by atoms with Crippen molar-refractivity contribution in [2.75, 3.05) is 11.9 Å². The zero-order valence-electron chi connectivity index (χ0n) is 16.0. The Morgan fingerprint density at radius 2 is 1.90 bits per heavy atom. The van der Waals surface area contributed by atoms with Gasteiger partial charge in [0.15, 0.2) is 0 Å². The standard InChI is InChI=1S/C22H19FN4O2/c1-13(14-4-6-20-16(7-14)9-21(28)27(20)2)26-22(29)18-5-3-15(8-19(18)23)17-10-24-12-25-11-17/h3-8,10-13H,9H2,1-2H3,(H,26,29). The van der Waals surface area contributed by atoms with Crippen molar-refractivity contribution in [3.63, 3.8) is 0 Å². The van der Waals surface area contributed by atoms with E-state index in [-0.39, 0.29) is 17.5 Å². The third-order valence-electron chi connectivity index (χ3n) is 5.14. The average molecular weight is 390 g/mol. The molecule has 0 fully saturated rings. The molecule has 0 aliphatic carbocycles. The quantitative estimate of drug-likeness (QED) is 0.742. The number of anilines is 1. The van der Waals surface area contributed by atoms with Gasteiger partial charge in [-0.15, -0.1) is 0 Å². The molecule has 2 aromatic carbocycles. The number of amides is 2. The van der Waals surface area contributed by atoms with Gasteiger partial charge in [-0.25, -0.2) is 14.4 Å². The molecule has 4 rings (SSSR count). The molecule has 146 valence electrons. The Morgan fingerprint density at radius 3 is 2.62 bits per heavy atom. The minimum absolute atomic E-state index is 0.0338. The minimum Gasteiger partial charge on any atom is -0.345 e. The molecule has 0 saturated heterocycles. The lowest BCUT2D eigenvalue weighted by molar-refractivity contribution is -0.117. The van der Waals surface area contributed by atoms with E-state index in [1.807, 2.05) is 25.1 Å². The predicted molar refractivity (Wildman–Crippen MR) is 107 cm³/mol. The summed E-state index contributed by atoms with van der Waals surface area (Å²) in [6, 6.07) is 9.73. The van der Waals surface area contributed by atoms with Gasteiger partial charge in [0.2, 0.25) is 5.91 Å². The van der Waals surface area contributed by atoms with Crippen LogP contribution in [-0.4, -0.2) is 28.8 Å². The molecule has 0 saturated carbocycles. The maximum atomic E-state index is 14.6. The number of rotatable bonds is 4. The number of hydrogen-bond donors (Lipinski definition) is 1. The molecule has 3 aromatic rings. The number of benzene rings is 2. The zero-order valence-corrected chi connectivity index (χ0v) is 16.0. The first-order chi connectivity index (χ1) is 13.9. The van der Waals surface area contributed by atoms with Gasteiger partial charge < -0.3 is 10.2 Å². The second-order valence-electron chi connectivity index (χ2n) is 7.03. The van der Waals surface area contributed by atoms with Crippen LogP contribution in [0.5, 0.6) is 0 Å². The summed E-state index contributed by atoms with van der Waals surface area (Å²) >= 11 is 0. The van der Waals surface area contributed by atoms with Crippen molar-refractivity contribution in [3.05, 3.63) is 77.6 Å². The molecule has 2 heterocycles. The van der Waals surface area contributed by atoms with Crippen LogP contribution in [0.1, 0.15) is 34.5 Å². The highest BCUT2D eigenvalue weighted by Gasteiger charge is 2.25. The van der Waals surface area contributed by atoms with Gasteiger partial charge >= 0.3 is 0 Å². The van der Waals surface area contributed by atoms with Crippen molar-refractivity contribution < 1.29 is 14.0 Å². The monoisotopic (exact) mass is 390 g/mol. The van der Waals surface area contributed by atoms with Crippen molar-refractivity contribution in [1.82, 2.24) is 15.3 Å². The third-order valence-corrected chi connectivity index (χ3v) is 5.14. The van der Waals surface area contributed by atoms with Crippen LogP contribution < -0.4 is 10.2 Å². The molecule has 2 amide bonds. The van der Waals surface area contributed by atoms with E-state index in [1.165, 1.54) is 18.5 Å². The largest absolute Gasteiger partial charge is 0.345 e. The summed E-state index contributed by atoms with van der Waals surface area (Å²) in [6.45, 7) is 1.83. The smallest absolute Gasteiger partial charge is 0.254 e. The van der Waals surface area contributed by atoms with E-state index in [0.29, 0.717) is 17.5 Å². The van der Waals surface area contributed by atoms with Gasteiger partial charge in [-0.3, -0.25) is 9.59 Å². The number of fused-ring (bicyclic) bond motifs is 1. The molecule has 0 radical (unpaired) electrons. The summed E-state index contributed by atoms with van der Waals surface area (Å²) in [6.07, 6.45) is 4.91. The van der Waals surface area contributed by atoms with Crippen LogP contribution in [0.4, 0.5) is 10.1 Å². The van der Waals surface area contributed by atoms with Crippen LogP contribution in [-0.2, 0) is 11.2 Å². The van der Waals surface area contributed by atoms with Gasteiger partial charge in [0.05, 0.1) is 18.0 Å². The summed E-state index contributed by atoms with van der Waals surface area (Å²) in [5.74, 6) is -1.07. The fraction of sp³-hybridized carbons (Fsp3) is 0.182. The first-order valence-electron chi connectivity index (χ1n) is 9.19. The van der Waals surface area contributed by atoms with Crippen LogP contribution in [0.3, 0.4) is 0 Å². The van der Waals surface area contributed by atoms with Crippen LogP contribution in [0.2, 0.25) is 0 Å². The normalized spacial score (nSPS) is 13.9. The molecule has 0 spiro atoms. The number of nitrogens with zero attached hydrogens (tertiary/aromatic N) is 3. The average Bonchev–Trinajstić information content (AvgIpc) is 3.01. The van der Waals surface area contributed by atoms with E-state index in [4.69, 9.17) is 0 Å². The number of halogens is 1. The number of hydrogen-bond acceptors (Lipinski definition) is 4. The maximum Gasteiger partial charge on any atom is 0.254 e. The fourth-order valence-electron chi connectivity index (χ4n) is 3.44. The highest BCUT2D eigenvalue weighted by atomic mass is 19.1. The van der Waals surface area contributed by atoms with Crippen molar-refractivity contribution in [2.24, 2.45) is 0 Å². The first kappa shape index (κ1) is 18.7. The summed E-state index contributed by atoms with van der Waals surface area (Å²) in [4.78, 5) is 33.9. The van der Waals surface area contributed by atoms with Crippen molar-refractivity contribution in [1.29, 1.82) is 0 Å². The topological polar surface area (TPSA) is 75.2 Å². The minimum atomic E-state index is -0.614. The Bertz CT molecular complexity index is 1100. The Kier molecular flexibility index (Phi) is 4.80. The Morgan fingerprint density at radius 1 is 1.14 bits per heavy atom. The summed E-state index contributed by atoms with van der Waals surface area (Å²) in [5, 5.41) is 2.82. The van der Waals surface area contributed by atoms with Crippen LogP contribution >= 0.6 is 0 Å². The molecule has 7 heteroatoms. The Hall–Kier alpha value is -3.61. The molecule has 1 aromatic heterocycles. The number of carbonyl (C=O) groups excluding carboxylic acids is 2. The summed E-state index contributed by atoms with van der Waals surface area (Å²) < 4.78 is 14.6. The fourth-order valence-corrected chi connectivity index (χ4v) is 3.44. The molecule has 1 aliphatic heterocycles. The molecular weight excluding hydrogens is 371 g/mol. The summed E-state index contributed by atoms with van der Waals surface area (Å²) in [5.41, 5.74) is 3.90. The van der Waals surface area contributed by atoms with E-state index >= 15 is 0 Å². The second kappa shape index (κ2) is 7.43. The highest BCUT2D eigenvalue weighted by molar-refractivity contribution is 6.01. The van der Waals surface area contributed by atoms with Crippen LogP contribution in [0.15, 0.2) is 55.1 Å². The van der Waals surface area contributed by atoms with Gasteiger partial charge in [0, 0.05) is 30.7 Å². The number of nitrogens with one attached hydrogen (secondary N) is 1. The van der Waals surface area contributed by atoms with Gasteiger partial charge in [-0.2, -0.15) is 0 Å². The molecule has 1 aliphatic rings. The lowest BCUT2D eigenvalue weighted by Crippen LogP contribution is -2.27. The van der Waals surface area contributed by atoms with Gasteiger partial charge in [-0.05, 0) is 41.8 Å². The maximum absolute atomic E-state index is 14.6. The Labute approximate surface area is 167 Å². The van der Waals surface area contributed by atoms with E-state index in [9.17, 15) is 14.0 Å². The third kappa shape index (κ3) is 3.59. The molecule has 0 bridgehead atoms. The number of carbonyl (C=O) groups is 2. The first-order valence-corrected chi connectivity index (χ1v) is 9.19. The highest BCUT2D eigenvalue weighted by Crippen LogP contribution is 2.30. The molecule has 1 N–H and O–H groups in total. The van der Waals surface area contributed by atoms with Crippen LogP contribution in [0.25, 0.3) is 11.1 Å². The van der Waals surface area contributed by atoms with Crippen molar-refractivity contribution in [3.8, 4) is 11.1 Å². The van der Waals surface area contributed by atoms with Crippen LogP contribution in [0, 0.1) is 5.82 Å². The lowest BCUT2D eigenvalue weighted by Gasteiger charge is -2.17. The van der Waals surface area contributed by atoms with E-state index in [0.717, 1.165) is 16.8 Å². The van der Waals surface area contributed by atoms with Gasteiger partial charge in [0.25, 0.3) is 5.91 Å². The molecular formula is C22H19FN4O2. The van der Waals surface area contributed by atoms with Gasteiger partial charge in [-0.1, -0.05) is 18.2 Å². The Balaban J connectivity index is 1.51. The van der Waals surface area contributed by atoms with Crippen molar-refractivity contribution in [2.45, 2.75) is 19.4 Å². The van der Waals surface area contributed by atoms with Gasteiger partial charge in [0.1, 0.15) is 12.1 Å². The lowest BCUT2D eigenvalue weighted by atomic mass is 10.0. The number of likely N-dealkylation sites (N-methyl/N-ethyl adjacent to an activating group) is 1. The molecule has 6 nitrogen and oxygen atoms in total. The SMILES string of the molecule is CC(NC(=O)c1ccc(-c2cncnc2)cc1F)c1ccc2c(c1)CC(=O)N2C. The van der Waals surface area contributed by atoms with Crippen molar-refractivity contribution >= 4 is 17.5 Å². The zero-order chi connectivity index (χ0) is 20.5. The second-order valence-corrected chi connectivity index (χ2v) is 7.03. The molecule has 29 heavy (non-hydrogen) atoms. The molecule has 1 atom stereocenters. The summed E-state index contributed by atoms with van der Waals surface area (Å²) in [7, 11) is 1.74. The molecule has 1 unspecified atom stereocenters. The van der Waals surface area contributed by atoms with E-state index in [2.05, 4.69) is 15.3 Å².